The van der Waals surface area contributed by atoms with E-state index in [0.717, 1.165) is 12.0 Å². The number of thioether (sulfide) groups is 1. The maximum absolute atomic E-state index is 12.4. The van der Waals surface area contributed by atoms with Crippen molar-refractivity contribution in [3.63, 3.8) is 0 Å². The van der Waals surface area contributed by atoms with Gasteiger partial charge < -0.3 is 15.2 Å². The molecule has 1 atom stereocenters. The number of amides is 1. The third-order valence-corrected chi connectivity index (χ3v) is 5.45. The second-order valence-electron chi connectivity index (χ2n) is 6.13. The quantitative estimate of drug-likeness (QED) is 0.697. The van der Waals surface area contributed by atoms with E-state index in [1.54, 1.807) is 11.8 Å². The molecular weight excluding hydrogens is 350 g/mol. The highest BCUT2D eigenvalue weighted by atomic mass is 32.2. The molecular formula is C20H21NO4S. The van der Waals surface area contributed by atoms with Crippen molar-refractivity contribution >= 4 is 23.6 Å². The highest BCUT2D eigenvalue weighted by molar-refractivity contribution is 8.01. The minimum Gasteiger partial charge on any atom is -0.494 e. The Bertz CT molecular complexity index is 751. The highest BCUT2D eigenvalue weighted by Crippen LogP contribution is 2.36. The molecule has 0 aliphatic carbocycles. The highest BCUT2D eigenvalue weighted by Gasteiger charge is 2.27. The number of carboxylic acids is 1. The molecule has 1 aliphatic rings. The van der Waals surface area contributed by atoms with E-state index in [4.69, 9.17) is 9.84 Å². The molecule has 5 nitrogen and oxygen atoms in total. The van der Waals surface area contributed by atoms with Gasteiger partial charge in [0.25, 0.3) is 0 Å². The van der Waals surface area contributed by atoms with Gasteiger partial charge in [0.1, 0.15) is 5.75 Å². The number of fused-ring (bicyclic) bond motifs is 1. The number of hydrogen-bond donors (Lipinski definition) is 2. The zero-order valence-electron chi connectivity index (χ0n) is 14.3. The van der Waals surface area contributed by atoms with Crippen LogP contribution in [0.3, 0.4) is 0 Å². The van der Waals surface area contributed by atoms with Crippen molar-refractivity contribution in [1.82, 2.24) is 5.32 Å². The molecule has 0 radical (unpaired) electrons. The zero-order chi connectivity index (χ0) is 18.4. The Morgan fingerprint density at radius 1 is 1.15 bits per heavy atom. The molecule has 1 aliphatic heterocycles. The lowest BCUT2D eigenvalue weighted by molar-refractivity contribution is -0.137. The molecule has 0 saturated carbocycles. The summed E-state index contributed by atoms with van der Waals surface area (Å²) < 4.78 is 5.50. The molecule has 2 N–H and O–H groups in total. The van der Waals surface area contributed by atoms with Crippen LogP contribution in [0.4, 0.5) is 0 Å². The van der Waals surface area contributed by atoms with Crippen molar-refractivity contribution in [3.05, 3.63) is 59.7 Å². The van der Waals surface area contributed by atoms with Crippen LogP contribution in [-0.2, 0) is 22.6 Å². The molecule has 0 spiro atoms. The SMILES string of the molecule is O=C(O)CCCOc1ccc(CNC(=O)C2Cc3ccccc3S2)cc1. The Morgan fingerprint density at radius 2 is 1.92 bits per heavy atom. The maximum Gasteiger partial charge on any atom is 0.303 e. The Balaban J connectivity index is 1.42. The summed E-state index contributed by atoms with van der Waals surface area (Å²) in [5.41, 5.74) is 2.23. The minimum atomic E-state index is -0.816. The number of carboxylic acid groups (broad SMARTS) is 1. The van der Waals surface area contributed by atoms with Crippen LogP contribution in [0.2, 0.25) is 0 Å². The number of rotatable bonds is 8. The van der Waals surface area contributed by atoms with Gasteiger partial charge in [0, 0.05) is 17.9 Å². The molecule has 136 valence electrons. The molecule has 1 heterocycles. The van der Waals surface area contributed by atoms with Gasteiger partial charge in [-0.05, 0) is 42.2 Å². The molecule has 2 aromatic rings. The number of aliphatic carboxylic acids is 1. The van der Waals surface area contributed by atoms with Gasteiger partial charge in [0.05, 0.1) is 11.9 Å². The number of carbonyl (C=O) groups excluding carboxylic acids is 1. The number of hydrogen-bond acceptors (Lipinski definition) is 4. The summed E-state index contributed by atoms with van der Waals surface area (Å²) in [6.45, 7) is 0.855. The molecule has 26 heavy (non-hydrogen) atoms. The molecule has 3 rings (SSSR count). The molecule has 6 heteroatoms. The van der Waals surface area contributed by atoms with E-state index in [-0.39, 0.29) is 17.6 Å². The summed E-state index contributed by atoms with van der Waals surface area (Å²) in [5.74, 6) is -0.0596. The van der Waals surface area contributed by atoms with Gasteiger partial charge in [-0.15, -0.1) is 11.8 Å². The van der Waals surface area contributed by atoms with Crippen molar-refractivity contribution < 1.29 is 19.4 Å². The van der Waals surface area contributed by atoms with Gasteiger partial charge in [-0.2, -0.15) is 0 Å². The van der Waals surface area contributed by atoms with Crippen LogP contribution in [0.1, 0.15) is 24.0 Å². The second kappa shape index (κ2) is 8.76. The fourth-order valence-corrected chi connectivity index (χ4v) is 3.97. The number of carbonyl (C=O) groups is 2. The van der Waals surface area contributed by atoms with Gasteiger partial charge >= 0.3 is 5.97 Å². The Labute approximate surface area is 156 Å². The first kappa shape index (κ1) is 18.3. The first-order valence-corrected chi connectivity index (χ1v) is 9.45. The van der Waals surface area contributed by atoms with E-state index in [9.17, 15) is 9.59 Å². The first-order chi connectivity index (χ1) is 12.6. The lowest BCUT2D eigenvalue weighted by Crippen LogP contribution is -2.31. The van der Waals surface area contributed by atoms with Crippen LogP contribution in [0.5, 0.6) is 5.75 Å². The van der Waals surface area contributed by atoms with Crippen LogP contribution in [0, 0.1) is 0 Å². The molecule has 1 unspecified atom stereocenters. The number of nitrogens with one attached hydrogen (secondary N) is 1. The second-order valence-corrected chi connectivity index (χ2v) is 7.37. The van der Waals surface area contributed by atoms with Gasteiger partial charge in [0.15, 0.2) is 0 Å². The Morgan fingerprint density at radius 3 is 2.65 bits per heavy atom. The monoisotopic (exact) mass is 371 g/mol. The number of ether oxygens (including phenoxy) is 1. The predicted molar refractivity (Wildman–Crippen MR) is 100 cm³/mol. The van der Waals surface area contributed by atoms with Gasteiger partial charge in [0.2, 0.25) is 5.91 Å². The van der Waals surface area contributed by atoms with Crippen LogP contribution in [-0.4, -0.2) is 28.8 Å². The molecule has 0 saturated heterocycles. The van der Waals surface area contributed by atoms with Crippen LogP contribution < -0.4 is 10.1 Å². The minimum absolute atomic E-state index is 0.0557. The zero-order valence-corrected chi connectivity index (χ0v) is 15.1. The summed E-state index contributed by atoms with van der Waals surface area (Å²) >= 11 is 1.62. The van der Waals surface area contributed by atoms with Crippen molar-refractivity contribution in [2.45, 2.75) is 36.0 Å². The molecule has 0 aromatic heterocycles. The van der Waals surface area contributed by atoms with E-state index in [0.29, 0.717) is 25.3 Å². The van der Waals surface area contributed by atoms with Crippen LogP contribution in [0.15, 0.2) is 53.4 Å². The van der Waals surface area contributed by atoms with E-state index < -0.39 is 5.97 Å². The van der Waals surface area contributed by atoms with E-state index >= 15 is 0 Å². The van der Waals surface area contributed by atoms with Crippen molar-refractivity contribution in [2.75, 3.05) is 6.61 Å². The first-order valence-electron chi connectivity index (χ1n) is 8.57. The van der Waals surface area contributed by atoms with Crippen molar-refractivity contribution in [2.24, 2.45) is 0 Å². The van der Waals surface area contributed by atoms with Gasteiger partial charge in [-0.3, -0.25) is 9.59 Å². The van der Waals surface area contributed by atoms with Gasteiger partial charge in [-0.25, -0.2) is 0 Å². The van der Waals surface area contributed by atoms with Crippen LogP contribution >= 0.6 is 11.8 Å². The van der Waals surface area contributed by atoms with Crippen LogP contribution in [0.25, 0.3) is 0 Å². The average Bonchev–Trinajstić information content (AvgIpc) is 3.08. The van der Waals surface area contributed by atoms with E-state index in [2.05, 4.69) is 17.4 Å². The lowest BCUT2D eigenvalue weighted by Gasteiger charge is -2.11. The average molecular weight is 371 g/mol. The summed E-state index contributed by atoms with van der Waals surface area (Å²) in [4.78, 5) is 24.0. The van der Waals surface area contributed by atoms with E-state index in [1.165, 1.54) is 10.5 Å². The Hall–Kier alpha value is -2.47. The largest absolute Gasteiger partial charge is 0.494 e. The molecule has 2 aromatic carbocycles. The third-order valence-electron chi connectivity index (χ3n) is 4.13. The topological polar surface area (TPSA) is 75.6 Å². The Kier molecular flexibility index (Phi) is 6.17. The summed E-state index contributed by atoms with van der Waals surface area (Å²) in [6, 6.07) is 15.6. The summed E-state index contributed by atoms with van der Waals surface area (Å²) in [6.07, 6.45) is 1.36. The van der Waals surface area contributed by atoms with Crippen molar-refractivity contribution in [1.29, 1.82) is 0 Å². The third kappa shape index (κ3) is 5.02. The standard InChI is InChI=1S/C20H21NO4S/c22-19(23)6-3-11-25-16-9-7-14(8-10-16)13-21-20(24)18-12-15-4-1-2-5-17(15)26-18/h1-2,4-5,7-10,18H,3,6,11-13H2,(H,21,24)(H,22,23). The lowest BCUT2D eigenvalue weighted by atomic mass is 10.1. The number of benzene rings is 2. The molecule has 1 amide bonds. The van der Waals surface area contributed by atoms with Crippen molar-refractivity contribution in [3.8, 4) is 5.75 Å². The fraction of sp³-hybridized carbons (Fsp3) is 0.300. The molecule has 0 fully saturated rings. The molecule has 0 bridgehead atoms. The smallest absolute Gasteiger partial charge is 0.303 e. The maximum atomic E-state index is 12.4. The normalized spacial score (nSPS) is 15.3. The van der Waals surface area contributed by atoms with Gasteiger partial charge in [-0.1, -0.05) is 30.3 Å². The summed E-state index contributed by atoms with van der Waals surface area (Å²) in [5, 5.41) is 11.5. The summed E-state index contributed by atoms with van der Waals surface area (Å²) in [7, 11) is 0. The predicted octanol–water partition coefficient (Wildman–Crippen LogP) is 3.26. The van der Waals surface area contributed by atoms with E-state index in [1.807, 2.05) is 36.4 Å². The fourth-order valence-electron chi connectivity index (χ4n) is 2.75.